The second-order valence-electron chi connectivity index (χ2n) is 4.04. The van der Waals surface area contributed by atoms with Crippen LogP contribution in [-0.2, 0) is 0 Å². The molecular formula is C14H11N3O4. The molecule has 2 rings (SSSR count). The zero-order chi connectivity index (χ0) is 15.4. The van der Waals surface area contributed by atoms with Crippen LogP contribution in [-0.4, -0.2) is 9.85 Å². The van der Waals surface area contributed by atoms with Crippen molar-refractivity contribution in [2.75, 3.05) is 4.90 Å². The summed E-state index contributed by atoms with van der Waals surface area (Å²) in [6.07, 6.45) is 1.31. The summed E-state index contributed by atoms with van der Waals surface area (Å²) in [5.41, 5.74) is 0.115. The minimum absolute atomic E-state index is 0.157. The summed E-state index contributed by atoms with van der Waals surface area (Å²) in [6.45, 7) is 3.60. The summed E-state index contributed by atoms with van der Waals surface area (Å²) >= 11 is 0. The Morgan fingerprint density at radius 3 is 1.57 bits per heavy atom. The molecule has 2 aromatic rings. The lowest BCUT2D eigenvalue weighted by Crippen LogP contribution is -2.11. The Morgan fingerprint density at radius 1 is 0.857 bits per heavy atom. The topological polar surface area (TPSA) is 89.5 Å². The van der Waals surface area contributed by atoms with Gasteiger partial charge in [-0.3, -0.25) is 20.2 Å². The largest absolute Gasteiger partial charge is 0.306 e. The molecule has 2 aromatic carbocycles. The summed E-state index contributed by atoms with van der Waals surface area (Å²) in [5.74, 6) is 0. The average molecular weight is 285 g/mol. The van der Waals surface area contributed by atoms with Gasteiger partial charge in [-0.1, -0.05) is 30.8 Å². The molecule has 7 nitrogen and oxygen atoms in total. The maximum atomic E-state index is 11.1. The molecule has 0 aromatic heterocycles. The van der Waals surface area contributed by atoms with Gasteiger partial charge in [0.1, 0.15) is 11.4 Å². The highest BCUT2D eigenvalue weighted by Crippen LogP contribution is 2.37. The van der Waals surface area contributed by atoms with E-state index in [4.69, 9.17) is 0 Å². The zero-order valence-corrected chi connectivity index (χ0v) is 10.9. The van der Waals surface area contributed by atoms with Gasteiger partial charge in [0, 0.05) is 18.3 Å². The Morgan fingerprint density at radius 2 is 1.24 bits per heavy atom. The van der Waals surface area contributed by atoms with E-state index in [1.807, 2.05) is 0 Å². The molecule has 0 heterocycles. The van der Waals surface area contributed by atoms with Crippen molar-refractivity contribution in [1.82, 2.24) is 0 Å². The molecule has 106 valence electrons. The Balaban J connectivity index is 2.64. The van der Waals surface area contributed by atoms with E-state index in [1.165, 1.54) is 47.5 Å². The van der Waals surface area contributed by atoms with Crippen molar-refractivity contribution in [2.24, 2.45) is 0 Å². The quantitative estimate of drug-likeness (QED) is 0.616. The van der Waals surface area contributed by atoms with Crippen LogP contribution in [0, 0.1) is 20.2 Å². The molecule has 0 aliphatic carbocycles. The van der Waals surface area contributed by atoms with E-state index in [-0.39, 0.29) is 22.7 Å². The second-order valence-corrected chi connectivity index (χ2v) is 4.04. The number of hydrogen-bond donors (Lipinski definition) is 0. The molecule has 7 heteroatoms. The molecule has 0 radical (unpaired) electrons. The summed E-state index contributed by atoms with van der Waals surface area (Å²) in [7, 11) is 0. The number of anilines is 2. The first-order valence-corrected chi connectivity index (χ1v) is 5.95. The molecule has 0 saturated heterocycles. The van der Waals surface area contributed by atoms with Gasteiger partial charge in [0.15, 0.2) is 0 Å². The van der Waals surface area contributed by atoms with Crippen molar-refractivity contribution in [3.63, 3.8) is 0 Å². The van der Waals surface area contributed by atoms with E-state index < -0.39 is 9.85 Å². The Labute approximate surface area is 120 Å². The number of rotatable bonds is 5. The molecule has 0 bridgehead atoms. The van der Waals surface area contributed by atoms with E-state index in [0.29, 0.717) is 0 Å². The Kier molecular flexibility index (Phi) is 3.94. The minimum atomic E-state index is -0.541. The molecular weight excluding hydrogens is 274 g/mol. The molecule has 0 aliphatic rings. The first-order valence-electron chi connectivity index (χ1n) is 5.95. The van der Waals surface area contributed by atoms with E-state index in [9.17, 15) is 20.2 Å². The molecule has 21 heavy (non-hydrogen) atoms. The van der Waals surface area contributed by atoms with Crippen molar-refractivity contribution in [3.8, 4) is 0 Å². The van der Waals surface area contributed by atoms with Crippen LogP contribution in [0.4, 0.5) is 22.7 Å². The number of nitro groups is 2. The van der Waals surface area contributed by atoms with Crippen molar-refractivity contribution in [3.05, 3.63) is 81.5 Å². The number of hydrogen-bond acceptors (Lipinski definition) is 5. The van der Waals surface area contributed by atoms with Gasteiger partial charge in [-0.25, -0.2) is 0 Å². The zero-order valence-electron chi connectivity index (χ0n) is 10.9. The molecule has 0 unspecified atom stereocenters. The van der Waals surface area contributed by atoms with Crippen molar-refractivity contribution >= 4 is 22.7 Å². The smallest absolute Gasteiger partial charge is 0.293 e. The van der Waals surface area contributed by atoms with Gasteiger partial charge in [0.25, 0.3) is 11.4 Å². The molecule has 0 amide bonds. The van der Waals surface area contributed by atoms with Gasteiger partial charge in [-0.15, -0.1) is 0 Å². The minimum Gasteiger partial charge on any atom is -0.306 e. The Bertz CT molecular complexity index is 657. The lowest BCUT2D eigenvalue weighted by Gasteiger charge is -2.19. The number of para-hydroxylation sites is 4. The highest BCUT2D eigenvalue weighted by molar-refractivity contribution is 5.78. The molecule has 0 N–H and O–H groups in total. The predicted molar refractivity (Wildman–Crippen MR) is 78.5 cm³/mol. The van der Waals surface area contributed by atoms with Crippen LogP contribution in [0.3, 0.4) is 0 Å². The number of nitro benzene ring substituents is 2. The number of benzene rings is 2. The maximum absolute atomic E-state index is 11.1. The van der Waals surface area contributed by atoms with E-state index >= 15 is 0 Å². The third-order valence-electron chi connectivity index (χ3n) is 2.86. The van der Waals surface area contributed by atoms with Crippen LogP contribution in [0.2, 0.25) is 0 Å². The SMILES string of the molecule is C=CN(c1ccccc1[N+](=O)[O-])c1ccccc1[N+](=O)[O-]. The fourth-order valence-corrected chi connectivity index (χ4v) is 1.97. The van der Waals surface area contributed by atoms with Crippen LogP contribution in [0.25, 0.3) is 0 Å². The lowest BCUT2D eigenvalue weighted by atomic mass is 10.2. The normalized spacial score (nSPS) is 9.90. The standard InChI is InChI=1S/C14H11N3O4/c1-2-15(11-7-3-5-9-13(11)16(18)19)12-8-4-6-10-14(12)17(20)21/h2-10H,1H2. The first-order chi connectivity index (χ1) is 10.1. The van der Waals surface area contributed by atoms with Gasteiger partial charge in [0.05, 0.1) is 9.85 Å². The van der Waals surface area contributed by atoms with Crippen LogP contribution in [0.1, 0.15) is 0 Å². The van der Waals surface area contributed by atoms with E-state index in [1.54, 1.807) is 12.1 Å². The molecule has 0 aliphatic heterocycles. The lowest BCUT2D eigenvalue weighted by molar-refractivity contribution is -0.384. The number of nitrogens with zero attached hydrogens (tertiary/aromatic N) is 3. The van der Waals surface area contributed by atoms with E-state index in [0.717, 1.165) is 0 Å². The van der Waals surface area contributed by atoms with Gasteiger partial charge in [-0.2, -0.15) is 0 Å². The second kappa shape index (κ2) is 5.83. The summed E-state index contributed by atoms with van der Waals surface area (Å²) in [4.78, 5) is 22.5. The molecule has 0 spiro atoms. The maximum Gasteiger partial charge on any atom is 0.293 e. The van der Waals surface area contributed by atoms with Crippen LogP contribution in [0.15, 0.2) is 61.3 Å². The third kappa shape index (κ3) is 2.71. The van der Waals surface area contributed by atoms with Gasteiger partial charge >= 0.3 is 0 Å². The summed E-state index contributed by atoms with van der Waals surface area (Å²) in [6, 6.07) is 12.0. The average Bonchev–Trinajstić information content (AvgIpc) is 2.48. The fourth-order valence-electron chi connectivity index (χ4n) is 1.97. The van der Waals surface area contributed by atoms with Crippen molar-refractivity contribution in [2.45, 2.75) is 0 Å². The molecule has 0 fully saturated rings. The monoisotopic (exact) mass is 285 g/mol. The Hall–Kier alpha value is -3.22. The first kappa shape index (κ1) is 14.2. The van der Waals surface area contributed by atoms with Gasteiger partial charge < -0.3 is 4.90 Å². The van der Waals surface area contributed by atoms with Gasteiger partial charge in [-0.05, 0) is 12.1 Å². The molecule has 0 atom stereocenters. The predicted octanol–water partition coefficient (Wildman–Crippen LogP) is 3.78. The highest BCUT2D eigenvalue weighted by atomic mass is 16.6. The van der Waals surface area contributed by atoms with Crippen LogP contribution < -0.4 is 4.90 Å². The van der Waals surface area contributed by atoms with Gasteiger partial charge in [0.2, 0.25) is 0 Å². The highest BCUT2D eigenvalue weighted by Gasteiger charge is 2.23. The van der Waals surface area contributed by atoms with Crippen LogP contribution >= 0.6 is 0 Å². The van der Waals surface area contributed by atoms with Crippen molar-refractivity contribution < 1.29 is 9.85 Å². The van der Waals surface area contributed by atoms with E-state index in [2.05, 4.69) is 6.58 Å². The van der Waals surface area contributed by atoms with Crippen LogP contribution in [0.5, 0.6) is 0 Å². The molecule has 0 saturated carbocycles. The fraction of sp³-hybridized carbons (Fsp3) is 0. The summed E-state index contributed by atoms with van der Waals surface area (Å²) in [5, 5.41) is 22.2. The summed E-state index contributed by atoms with van der Waals surface area (Å²) < 4.78 is 0. The third-order valence-corrected chi connectivity index (χ3v) is 2.86. The van der Waals surface area contributed by atoms with Crippen molar-refractivity contribution in [1.29, 1.82) is 0 Å².